The van der Waals surface area contributed by atoms with Gasteiger partial charge in [-0.1, -0.05) is 12.1 Å². The van der Waals surface area contributed by atoms with Crippen LogP contribution in [-0.2, 0) is 6.54 Å². The van der Waals surface area contributed by atoms with Gasteiger partial charge in [-0.15, -0.1) is 0 Å². The molecule has 0 heterocycles. The maximum absolute atomic E-state index is 12.7. The smallest absolute Gasteiger partial charge is 0.181 e. The van der Waals surface area contributed by atoms with Crippen molar-refractivity contribution in [1.82, 2.24) is 10.0 Å². The van der Waals surface area contributed by atoms with Crippen molar-refractivity contribution in [3.8, 4) is 0 Å². The van der Waals surface area contributed by atoms with E-state index in [4.69, 9.17) is 18.0 Å². The van der Waals surface area contributed by atoms with E-state index in [1.54, 1.807) is 22.2 Å². The van der Waals surface area contributed by atoms with Crippen LogP contribution in [0.2, 0.25) is 0 Å². The molecule has 0 aliphatic heterocycles. The van der Waals surface area contributed by atoms with Crippen LogP contribution in [0.5, 0.6) is 0 Å². The van der Waals surface area contributed by atoms with Crippen LogP contribution in [-0.4, -0.2) is 29.2 Å². The van der Waals surface area contributed by atoms with Crippen molar-refractivity contribution in [3.63, 3.8) is 0 Å². The highest BCUT2D eigenvalue weighted by Crippen LogP contribution is 2.07. The zero-order valence-corrected chi connectivity index (χ0v) is 9.59. The second-order valence-electron chi connectivity index (χ2n) is 3.37. The molecular weight excluding hydrogens is 213 g/mol. The molecule has 0 aromatic heterocycles. The Morgan fingerprint density at radius 3 is 2.27 bits per heavy atom. The number of hydrogen-bond donors (Lipinski definition) is 1. The van der Waals surface area contributed by atoms with E-state index in [1.807, 2.05) is 14.1 Å². The number of hydrazine groups is 1. The molecule has 3 nitrogen and oxygen atoms in total. The summed E-state index contributed by atoms with van der Waals surface area (Å²) in [4.78, 5) is 0. The summed E-state index contributed by atoms with van der Waals surface area (Å²) in [7, 11) is 3.70. The summed E-state index contributed by atoms with van der Waals surface area (Å²) in [5.74, 6) is -0.245. The second-order valence-corrected chi connectivity index (χ2v) is 3.79. The first kappa shape index (κ1) is 11.9. The van der Waals surface area contributed by atoms with Crippen molar-refractivity contribution in [1.29, 1.82) is 0 Å². The van der Waals surface area contributed by atoms with Gasteiger partial charge in [0.05, 0.1) is 6.54 Å². The SMILES string of the molecule is CN(C)N(Cc1ccc(F)cc1)C(N)=S. The molecule has 0 atom stereocenters. The lowest BCUT2D eigenvalue weighted by molar-refractivity contribution is 0.104. The van der Waals surface area contributed by atoms with Crippen LogP contribution in [0.15, 0.2) is 24.3 Å². The molecule has 2 N–H and O–H groups in total. The van der Waals surface area contributed by atoms with Gasteiger partial charge >= 0.3 is 0 Å². The molecule has 0 bridgehead atoms. The summed E-state index contributed by atoms with van der Waals surface area (Å²) in [5.41, 5.74) is 6.51. The van der Waals surface area contributed by atoms with Crippen molar-refractivity contribution in [2.45, 2.75) is 6.54 Å². The Kier molecular flexibility index (Phi) is 3.99. The van der Waals surface area contributed by atoms with Crippen molar-refractivity contribution >= 4 is 17.3 Å². The highest BCUT2D eigenvalue weighted by Gasteiger charge is 2.09. The molecule has 0 aliphatic carbocycles. The topological polar surface area (TPSA) is 32.5 Å². The molecule has 0 fully saturated rings. The van der Waals surface area contributed by atoms with Crippen LogP contribution < -0.4 is 5.73 Å². The van der Waals surface area contributed by atoms with Gasteiger partial charge in [0.1, 0.15) is 5.82 Å². The Bertz CT molecular complexity index is 337. The summed E-state index contributed by atoms with van der Waals surface area (Å²) < 4.78 is 12.7. The third-order valence-electron chi connectivity index (χ3n) is 1.98. The van der Waals surface area contributed by atoms with E-state index in [-0.39, 0.29) is 5.82 Å². The fraction of sp³-hybridized carbons (Fsp3) is 0.300. The highest BCUT2D eigenvalue weighted by molar-refractivity contribution is 7.80. The molecule has 82 valence electrons. The standard InChI is InChI=1S/C10H14FN3S/c1-13(2)14(10(12)15)7-8-3-5-9(11)6-4-8/h3-6H,7H2,1-2H3,(H2,12,15). The van der Waals surface area contributed by atoms with Crippen LogP contribution in [0.1, 0.15) is 5.56 Å². The fourth-order valence-corrected chi connectivity index (χ4v) is 1.41. The molecule has 0 saturated heterocycles. The normalized spacial score (nSPS) is 10.4. The Morgan fingerprint density at radius 2 is 1.87 bits per heavy atom. The summed E-state index contributed by atoms with van der Waals surface area (Å²) >= 11 is 4.91. The zero-order chi connectivity index (χ0) is 11.4. The van der Waals surface area contributed by atoms with E-state index in [0.29, 0.717) is 11.7 Å². The van der Waals surface area contributed by atoms with E-state index >= 15 is 0 Å². The first-order chi connectivity index (χ1) is 7.00. The quantitative estimate of drug-likeness (QED) is 0.624. The predicted molar refractivity (Wildman–Crippen MR) is 62.4 cm³/mol. The molecule has 0 spiro atoms. The van der Waals surface area contributed by atoms with E-state index < -0.39 is 0 Å². The largest absolute Gasteiger partial charge is 0.375 e. The average Bonchev–Trinajstić information content (AvgIpc) is 2.15. The van der Waals surface area contributed by atoms with E-state index in [0.717, 1.165) is 5.56 Å². The second kappa shape index (κ2) is 5.04. The van der Waals surface area contributed by atoms with Gasteiger partial charge in [-0.25, -0.2) is 9.40 Å². The molecule has 1 aromatic carbocycles. The van der Waals surface area contributed by atoms with Gasteiger partial charge in [0.2, 0.25) is 0 Å². The van der Waals surface area contributed by atoms with E-state index in [2.05, 4.69) is 0 Å². The van der Waals surface area contributed by atoms with E-state index in [9.17, 15) is 4.39 Å². The Balaban J connectivity index is 2.74. The Hall–Kier alpha value is -1.20. The Morgan fingerprint density at radius 1 is 1.33 bits per heavy atom. The first-order valence-corrected chi connectivity index (χ1v) is 4.90. The number of nitrogens with two attached hydrogens (primary N) is 1. The lowest BCUT2D eigenvalue weighted by atomic mass is 10.2. The van der Waals surface area contributed by atoms with Crippen molar-refractivity contribution in [3.05, 3.63) is 35.6 Å². The van der Waals surface area contributed by atoms with Crippen LogP contribution in [0.3, 0.4) is 0 Å². The highest BCUT2D eigenvalue weighted by atomic mass is 32.1. The van der Waals surface area contributed by atoms with Crippen molar-refractivity contribution in [2.24, 2.45) is 5.73 Å². The maximum Gasteiger partial charge on any atom is 0.181 e. The molecule has 0 unspecified atom stereocenters. The zero-order valence-electron chi connectivity index (χ0n) is 8.77. The molecular formula is C10H14FN3S. The summed E-state index contributed by atoms with van der Waals surface area (Å²) in [6, 6.07) is 6.26. The van der Waals surface area contributed by atoms with Crippen molar-refractivity contribution < 1.29 is 4.39 Å². The van der Waals surface area contributed by atoms with Crippen LogP contribution in [0.25, 0.3) is 0 Å². The number of rotatable bonds is 3. The van der Waals surface area contributed by atoms with Gasteiger partial charge in [0.15, 0.2) is 5.11 Å². The first-order valence-electron chi connectivity index (χ1n) is 4.49. The van der Waals surface area contributed by atoms with Gasteiger partial charge in [-0.05, 0) is 29.9 Å². The fourth-order valence-electron chi connectivity index (χ4n) is 1.18. The van der Waals surface area contributed by atoms with Gasteiger partial charge in [0, 0.05) is 14.1 Å². The van der Waals surface area contributed by atoms with Gasteiger partial charge < -0.3 is 5.73 Å². The number of hydrogen-bond acceptors (Lipinski definition) is 2. The number of nitrogens with zero attached hydrogens (tertiary/aromatic N) is 2. The summed E-state index contributed by atoms with van der Waals surface area (Å²) in [5, 5.41) is 3.82. The molecule has 15 heavy (non-hydrogen) atoms. The molecule has 0 aliphatic rings. The van der Waals surface area contributed by atoms with Crippen LogP contribution in [0, 0.1) is 5.82 Å². The lowest BCUT2D eigenvalue weighted by Gasteiger charge is -2.29. The minimum atomic E-state index is -0.245. The average molecular weight is 227 g/mol. The predicted octanol–water partition coefficient (Wildman–Crippen LogP) is 1.35. The molecule has 1 aromatic rings. The minimum absolute atomic E-state index is 0.245. The minimum Gasteiger partial charge on any atom is -0.375 e. The summed E-state index contributed by atoms with van der Waals surface area (Å²) in [6.45, 7) is 0.544. The van der Waals surface area contributed by atoms with E-state index in [1.165, 1.54) is 12.1 Å². The number of benzene rings is 1. The monoisotopic (exact) mass is 227 g/mol. The molecule has 0 radical (unpaired) electrons. The van der Waals surface area contributed by atoms with Crippen LogP contribution >= 0.6 is 12.2 Å². The van der Waals surface area contributed by atoms with Gasteiger partial charge in [-0.3, -0.25) is 5.01 Å². The molecule has 0 saturated carbocycles. The molecule has 1 rings (SSSR count). The summed E-state index contributed by atoms with van der Waals surface area (Å²) in [6.07, 6.45) is 0. The maximum atomic E-state index is 12.7. The van der Waals surface area contributed by atoms with Crippen molar-refractivity contribution in [2.75, 3.05) is 14.1 Å². The third-order valence-corrected chi connectivity index (χ3v) is 2.19. The Labute approximate surface area is 94.2 Å². The molecule has 0 amide bonds. The van der Waals surface area contributed by atoms with Gasteiger partial charge in [0.25, 0.3) is 0 Å². The van der Waals surface area contributed by atoms with Crippen LogP contribution in [0.4, 0.5) is 4.39 Å². The number of thiocarbonyl (C=S) groups is 1. The lowest BCUT2D eigenvalue weighted by Crippen LogP contribution is -2.44. The van der Waals surface area contributed by atoms with Gasteiger partial charge in [-0.2, -0.15) is 0 Å². The molecule has 5 heteroatoms. The number of halogens is 1. The third kappa shape index (κ3) is 3.45.